The topological polar surface area (TPSA) is 110 Å². The molecule has 0 bridgehead atoms. The second-order valence-corrected chi connectivity index (χ2v) is 11.7. The fourth-order valence-corrected chi connectivity index (χ4v) is 5.84. The van der Waals surface area contributed by atoms with E-state index < -0.39 is 17.7 Å². The molecule has 0 aromatic heterocycles. The second kappa shape index (κ2) is 11.8. The Balaban J connectivity index is 1.48. The molecule has 10 nitrogen and oxygen atoms in total. The number of hydrogen-bond donors (Lipinski definition) is 1. The van der Waals surface area contributed by atoms with Crippen LogP contribution in [0.3, 0.4) is 0 Å². The number of benzene rings is 1. The maximum absolute atomic E-state index is 13.7. The first kappa shape index (κ1) is 28.7. The molecule has 1 aliphatic carbocycles. The van der Waals surface area contributed by atoms with Gasteiger partial charge in [0.05, 0.1) is 26.0 Å². The Hall–Kier alpha value is -3.30. The normalized spacial score (nSPS) is 22.9. The number of methoxy groups -OCH3 is 2. The van der Waals surface area contributed by atoms with Gasteiger partial charge in [-0.3, -0.25) is 9.59 Å². The van der Waals surface area contributed by atoms with Crippen molar-refractivity contribution in [3.8, 4) is 11.5 Å². The Bertz CT molecular complexity index is 1110. The van der Waals surface area contributed by atoms with Crippen molar-refractivity contribution in [2.75, 3.05) is 27.3 Å². The number of rotatable bonds is 6. The van der Waals surface area contributed by atoms with Gasteiger partial charge in [-0.1, -0.05) is 12.8 Å². The number of hydrazone groups is 1. The molecule has 0 unspecified atom stereocenters. The molecule has 39 heavy (non-hydrogen) atoms. The van der Waals surface area contributed by atoms with E-state index in [0.29, 0.717) is 37.4 Å². The Labute approximate surface area is 231 Å². The molecule has 1 N–H and O–H groups in total. The van der Waals surface area contributed by atoms with Crippen LogP contribution in [0.4, 0.5) is 4.79 Å². The summed E-state index contributed by atoms with van der Waals surface area (Å²) in [5.41, 5.74) is 1.23. The Kier molecular flexibility index (Phi) is 8.71. The lowest BCUT2D eigenvalue weighted by Crippen LogP contribution is -2.55. The van der Waals surface area contributed by atoms with Gasteiger partial charge in [0.15, 0.2) is 11.5 Å². The highest BCUT2D eigenvalue weighted by atomic mass is 16.6. The number of carbonyl (C=O) groups excluding carboxylic acids is 3. The van der Waals surface area contributed by atoms with Crippen LogP contribution < -0.4 is 14.8 Å². The van der Waals surface area contributed by atoms with E-state index in [0.717, 1.165) is 37.0 Å². The molecule has 0 spiro atoms. The summed E-state index contributed by atoms with van der Waals surface area (Å²) in [6.45, 7) is 7.97. The van der Waals surface area contributed by atoms with Gasteiger partial charge < -0.3 is 24.4 Å². The zero-order valence-corrected chi connectivity index (χ0v) is 24.0. The van der Waals surface area contributed by atoms with Gasteiger partial charge in [0.25, 0.3) is 0 Å². The fourth-order valence-electron chi connectivity index (χ4n) is 5.84. The molecule has 1 saturated heterocycles. The molecule has 3 amide bonds. The Morgan fingerprint density at radius 3 is 2.26 bits per heavy atom. The molecule has 2 fully saturated rings. The molecule has 4 rings (SSSR count). The molecule has 214 valence electrons. The lowest BCUT2D eigenvalue weighted by Gasteiger charge is -2.43. The summed E-state index contributed by atoms with van der Waals surface area (Å²) in [6, 6.07) is 5.02. The zero-order chi connectivity index (χ0) is 28.3. The van der Waals surface area contributed by atoms with Crippen molar-refractivity contribution in [1.82, 2.24) is 15.2 Å². The number of fused-ring (bicyclic) bond motifs is 1. The number of hydrogen-bond acceptors (Lipinski definition) is 7. The summed E-state index contributed by atoms with van der Waals surface area (Å²) < 4.78 is 16.2. The van der Waals surface area contributed by atoms with Gasteiger partial charge in [0, 0.05) is 30.5 Å². The van der Waals surface area contributed by atoms with E-state index >= 15 is 0 Å². The average molecular weight is 543 g/mol. The predicted molar refractivity (Wildman–Crippen MR) is 147 cm³/mol. The minimum atomic E-state index is -0.703. The van der Waals surface area contributed by atoms with Crippen molar-refractivity contribution in [2.24, 2.45) is 16.9 Å². The van der Waals surface area contributed by atoms with Gasteiger partial charge in [0.2, 0.25) is 11.8 Å². The van der Waals surface area contributed by atoms with Crippen LogP contribution in [-0.2, 0) is 14.3 Å². The molecule has 1 aromatic rings. The van der Waals surface area contributed by atoms with E-state index in [1.807, 2.05) is 18.2 Å². The largest absolute Gasteiger partial charge is 0.493 e. The van der Waals surface area contributed by atoms with Crippen LogP contribution in [0.15, 0.2) is 23.3 Å². The van der Waals surface area contributed by atoms with Crippen LogP contribution in [0.1, 0.15) is 71.8 Å². The lowest BCUT2D eigenvalue weighted by molar-refractivity contribution is -0.143. The summed E-state index contributed by atoms with van der Waals surface area (Å²) in [5.74, 6) is 1.21. The number of piperidine rings is 1. The van der Waals surface area contributed by atoms with Gasteiger partial charge in [-0.15, -0.1) is 0 Å². The third-order valence-corrected chi connectivity index (χ3v) is 7.78. The first-order chi connectivity index (χ1) is 18.5. The first-order valence-electron chi connectivity index (χ1n) is 13.9. The highest BCUT2D eigenvalue weighted by Gasteiger charge is 2.44. The van der Waals surface area contributed by atoms with E-state index in [9.17, 15) is 14.4 Å². The quantitative estimate of drug-likeness (QED) is 0.583. The van der Waals surface area contributed by atoms with Crippen molar-refractivity contribution in [1.29, 1.82) is 0 Å². The highest BCUT2D eigenvalue weighted by Crippen LogP contribution is 2.40. The molecule has 3 atom stereocenters. The molecule has 1 aromatic carbocycles. The van der Waals surface area contributed by atoms with Crippen molar-refractivity contribution >= 4 is 23.6 Å². The van der Waals surface area contributed by atoms with Crippen molar-refractivity contribution in [3.05, 3.63) is 23.8 Å². The smallest absolute Gasteiger partial charge is 0.408 e. The second-order valence-electron chi connectivity index (χ2n) is 11.7. The summed E-state index contributed by atoms with van der Waals surface area (Å²) >= 11 is 0. The standard InChI is InChI=1S/C29H42N4O6/c1-18(30-28(36)39-29(2,3)4)26(34)32-15-13-20(14-16-32)33-27(35)22-10-8-7-9-21(22)25(31-33)19-11-12-23(37-5)24(17-19)38-6/h11-12,17-18,20-22H,7-10,13-16H2,1-6H3,(H,30,36)/t18-,21-,22+/m0/s1. The maximum atomic E-state index is 13.7. The van der Waals surface area contributed by atoms with Crippen LogP contribution in [0.2, 0.25) is 0 Å². The molecule has 2 heterocycles. The Morgan fingerprint density at radius 1 is 1.00 bits per heavy atom. The third kappa shape index (κ3) is 6.47. The molecular weight excluding hydrogens is 500 g/mol. The number of carbonyl (C=O) groups is 3. The third-order valence-electron chi connectivity index (χ3n) is 7.78. The summed E-state index contributed by atoms with van der Waals surface area (Å²) in [6.07, 6.45) is 4.54. The van der Waals surface area contributed by atoms with Gasteiger partial charge in [0.1, 0.15) is 11.6 Å². The van der Waals surface area contributed by atoms with Gasteiger partial charge in [-0.25, -0.2) is 9.80 Å². The van der Waals surface area contributed by atoms with Crippen LogP contribution in [0.25, 0.3) is 0 Å². The fraction of sp³-hybridized carbons (Fsp3) is 0.655. The van der Waals surface area contributed by atoms with Crippen molar-refractivity contribution < 1.29 is 28.6 Å². The molecular formula is C29H42N4O6. The Morgan fingerprint density at radius 2 is 1.64 bits per heavy atom. The highest BCUT2D eigenvalue weighted by molar-refractivity contribution is 6.07. The number of nitrogens with zero attached hydrogens (tertiary/aromatic N) is 3. The summed E-state index contributed by atoms with van der Waals surface area (Å²) in [5, 5.41) is 9.30. The number of alkyl carbamates (subject to hydrolysis) is 1. The molecule has 1 saturated carbocycles. The van der Waals surface area contributed by atoms with E-state index in [2.05, 4.69) is 5.32 Å². The number of nitrogens with one attached hydrogen (secondary N) is 1. The first-order valence-corrected chi connectivity index (χ1v) is 13.9. The maximum Gasteiger partial charge on any atom is 0.408 e. The number of ether oxygens (including phenoxy) is 3. The zero-order valence-electron chi connectivity index (χ0n) is 24.0. The summed E-state index contributed by atoms with van der Waals surface area (Å²) in [4.78, 5) is 40.5. The van der Waals surface area contributed by atoms with Gasteiger partial charge in [-0.05, 0) is 71.6 Å². The van der Waals surface area contributed by atoms with E-state index in [-0.39, 0.29) is 29.7 Å². The number of amides is 3. The molecule has 10 heteroatoms. The number of likely N-dealkylation sites (tertiary alicyclic amines) is 1. The SMILES string of the molecule is COc1ccc(C2=NN(C3CCN(C(=O)[C@H](C)NC(=O)OC(C)(C)C)CC3)C(=O)[C@@H]3CCCC[C@H]23)cc1OC. The van der Waals surface area contributed by atoms with Crippen LogP contribution in [0, 0.1) is 11.8 Å². The molecule has 0 radical (unpaired) electrons. The van der Waals surface area contributed by atoms with E-state index in [1.54, 1.807) is 51.8 Å². The van der Waals surface area contributed by atoms with Crippen LogP contribution in [0.5, 0.6) is 11.5 Å². The minimum Gasteiger partial charge on any atom is -0.493 e. The van der Waals surface area contributed by atoms with E-state index in [1.165, 1.54) is 0 Å². The van der Waals surface area contributed by atoms with Gasteiger partial charge >= 0.3 is 6.09 Å². The molecule has 3 aliphatic rings. The lowest BCUT2D eigenvalue weighted by atomic mass is 9.73. The minimum absolute atomic E-state index is 0.0852. The van der Waals surface area contributed by atoms with E-state index in [4.69, 9.17) is 19.3 Å². The summed E-state index contributed by atoms with van der Waals surface area (Å²) in [7, 11) is 3.22. The van der Waals surface area contributed by atoms with Crippen molar-refractivity contribution in [3.63, 3.8) is 0 Å². The van der Waals surface area contributed by atoms with Gasteiger partial charge in [-0.2, -0.15) is 5.10 Å². The van der Waals surface area contributed by atoms with Crippen LogP contribution >= 0.6 is 0 Å². The predicted octanol–water partition coefficient (Wildman–Crippen LogP) is 3.96. The van der Waals surface area contributed by atoms with Crippen molar-refractivity contribution in [2.45, 2.75) is 83.9 Å². The monoisotopic (exact) mass is 542 g/mol. The average Bonchev–Trinajstić information content (AvgIpc) is 2.91. The van der Waals surface area contributed by atoms with Crippen LogP contribution in [-0.4, -0.2) is 78.5 Å². The molecule has 2 aliphatic heterocycles.